The Morgan fingerprint density at radius 3 is 2.41 bits per heavy atom. The summed E-state index contributed by atoms with van der Waals surface area (Å²) < 4.78 is 10.6. The van der Waals surface area contributed by atoms with Crippen molar-refractivity contribution in [3.63, 3.8) is 0 Å². The average Bonchev–Trinajstić information content (AvgIpc) is 2.79. The molecule has 0 heterocycles. The van der Waals surface area contributed by atoms with E-state index in [1.165, 1.54) is 30.2 Å². The zero-order valence-corrected chi connectivity index (χ0v) is 18.7. The molecular weight excluding hydrogens is 414 g/mol. The van der Waals surface area contributed by atoms with Crippen LogP contribution in [-0.2, 0) is 16.1 Å². The summed E-state index contributed by atoms with van der Waals surface area (Å²) in [7, 11) is 1.32. The van der Waals surface area contributed by atoms with Gasteiger partial charge in [0.15, 0.2) is 6.61 Å². The Morgan fingerprint density at radius 2 is 1.81 bits per heavy atom. The number of nitro groups is 1. The molecule has 0 radical (unpaired) electrons. The second-order valence-electron chi connectivity index (χ2n) is 7.70. The molecule has 0 aromatic heterocycles. The lowest BCUT2D eigenvalue weighted by Crippen LogP contribution is -2.49. The molecule has 2 aromatic rings. The van der Waals surface area contributed by atoms with E-state index in [2.05, 4.69) is 5.32 Å². The highest BCUT2D eigenvalue weighted by molar-refractivity contribution is 5.88. The highest BCUT2D eigenvalue weighted by atomic mass is 16.6. The maximum absolute atomic E-state index is 13.0. The number of rotatable bonds is 11. The van der Waals surface area contributed by atoms with E-state index in [0.29, 0.717) is 6.54 Å². The van der Waals surface area contributed by atoms with Gasteiger partial charge in [0.2, 0.25) is 11.7 Å². The standard InChI is InChI=1S/C23H29N3O6/c1-16(2)13-24-23(28)17(3)25(14-18-8-6-5-7-9-18)22(27)15-32-19-10-11-20(26(29)30)21(12-19)31-4/h5-12,16-17H,13-15H2,1-4H3,(H,24,28)/t17-/m0/s1. The molecule has 9 heteroatoms. The maximum atomic E-state index is 13.0. The normalized spacial score (nSPS) is 11.5. The molecule has 1 N–H and O–H groups in total. The van der Waals surface area contributed by atoms with Crippen LogP contribution in [0.1, 0.15) is 26.3 Å². The van der Waals surface area contributed by atoms with Gasteiger partial charge in [-0.05, 0) is 24.5 Å². The van der Waals surface area contributed by atoms with Crippen molar-refractivity contribution >= 4 is 17.5 Å². The van der Waals surface area contributed by atoms with Crippen molar-refractivity contribution < 1.29 is 24.0 Å². The Balaban J connectivity index is 2.15. The summed E-state index contributed by atoms with van der Waals surface area (Å²) in [6.45, 7) is 6.06. The van der Waals surface area contributed by atoms with Crippen molar-refractivity contribution in [1.29, 1.82) is 0 Å². The number of nitrogens with zero attached hydrogens (tertiary/aromatic N) is 2. The first-order valence-electron chi connectivity index (χ1n) is 10.3. The molecule has 0 bridgehead atoms. The summed E-state index contributed by atoms with van der Waals surface area (Å²) in [5.41, 5.74) is 0.675. The van der Waals surface area contributed by atoms with E-state index in [4.69, 9.17) is 9.47 Å². The van der Waals surface area contributed by atoms with Crippen molar-refractivity contribution in [2.24, 2.45) is 5.92 Å². The Kier molecular flexibility index (Phi) is 9.00. The molecule has 2 aromatic carbocycles. The monoisotopic (exact) mass is 443 g/mol. The van der Waals surface area contributed by atoms with E-state index in [1.54, 1.807) is 6.92 Å². The van der Waals surface area contributed by atoms with E-state index in [0.717, 1.165) is 5.56 Å². The van der Waals surface area contributed by atoms with Gasteiger partial charge in [-0.15, -0.1) is 0 Å². The van der Waals surface area contributed by atoms with Gasteiger partial charge in [-0.1, -0.05) is 44.2 Å². The van der Waals surface area contributed by atoms with E-state index >= 15 is 0 Å². The zero-order chi connectivity index (χ0) is 23.7. The SMILES string of the molecule is COc1cc(OCC(=O)N(Cc2ccccc2)[C@@H](C)C(=O)NCC(C)C)ccc1[N+](=O)[O-]. The molecule has 0 saturated heterocycles. The van der Waals surface area contributed by atoms with E-state index in [9.17, 15) is 19.7 Å². The zero-order valence-electron chi connectivity index (χ0n) is 18.7. The van der Waals surface area contributed by atoms with Crippen LogP contribution < -0.4 is 14.8 Å². The first-order valence-corrected chi connectivity index (χ1v) is 10.3. The largest absolute Gasteiger partial charge is 0.490 e. The maximum Gasteiger partial charge on any atom is 0.311 e. The first-order chi connectivity index (χ1) is 15.2. The molecule has 9 nitrogen and oxygen atoms in total. The van der Waals surface area contributed by atoms with Gasteiger partial charge >= 0.3 is 5.69 Å². The van der Waals surface area contributed by atoms with Gasteiger partial charge < -0.3 is 19.7 Å². The summed E-state index contributed by atoms with van der Waals surface area (Å²) >= 11 is 0. The molecule has 172 valence electrons. The number of carbonyl (C=O) groups excluding carboxylic acids is 2. The Labute approximate surface area is 187 Å². The molecule has 0 fully saturated rings. The minimum atomic E-state index is -0.712. The molecule has 0 aliphatic carbocycles. The van der Waals surface area contributed by atoms with Crippen LogP contribution in [0.4, 0.5) is 5.69 Å². The van der Waals surface area contributed by atoms with E-state index < -0.39 is 16.9 Å². The lowest BCUT2D eigenvalue weighted by atomic mass is 10.1. The predicted molar refractivity (Wildman–Crippen MR) is 119 cm³/mol. The molecule has 0 aliphatic rings. The molecule has 2 amide bonds. The van der Waals surface area contributed by atoms with Crippen molar-refractivity contribution in [2.75, 3.05) is 20.3 Å². The van der Waals surface area contributed by atoms with Gasteiger partial charge in [-0.2, -0.15) is 0 Å². The van der Waals surface area contributed by atoms with E-state index in [1.807, 2.05) is 44.2 Å². The number of carbonyl (C=O) groups is 2. The van der Waals surface area contributed by atoms with Crippen LogP contribution in [-0.4, -0.2) is 47.9 Å². The van der Waals surface area contributed by atoms with Gasteiger partial charge in [0.25, 0.3) is 5.91 Å². The lowest BCUT2D eigenvalue weighted by Gasteiger charge is -2.29. The summed E-state index contributed by atoms with van der Waals surface area (Å²) in [5.74, 6) is -0.0804. The van der Waals surface area contributed by atoms with Crippen molar-refractivity contribution in [3.05, 3.63) is 64.2 Å². The van der Waals surface area contributed by atoms with Crippen LogP contribution in [0, 0.1) is 16.0 Å². The number of hydrogen-bond acceptors (Lipinski definition) is 6. The summed E-state index contributed by atoms with van der Waals surface area (Å²) in [5, 5.41) is 13.9. The van der Waals surface area contributed by atoms with Gasteiger partial charge in [0.1, 0.15) is 11.8 Å². The Bertz CT molecular complexity index is 933. The fourth-order valence-corrected chi connectivity index (χ4v) is 2.94. The highest BCUT2D eigenvalue weighted by Gasteiger charge is 2.26. The fourth-order valence-electron chi connectivity index (χ4n) is 2.94. The first kappa shape index (κ1) is 24.6. The topological polar surface area (TPSA) is 111 Å². The number of benzene rings is 2. The molecule has 1 atom stereocenters. The van der Waals surface area contributed by atoms with Gasteiger partial charge in [-0.3, -0.25) is 19.7 Å². The van der Waals surface area contributed by atoms with Crippen molar-refractivity contribution in [2.45, 2.75) is 33.4 Å². The van der Waals surface area contributed by atoms with Crippen LogP contribution in [0.2, 0.25) is 0 Å². The third-order valence-corrected chi connectivity index (χ3v) is 4.76. The quantitative estimate of drug-likeness (QED) is 0.422. The average molecular weight is 444 g/mol. The Hall–Kier alpha value is -3.62. The molecule has 0 saturated carbocycles. The smallest absolute Gasteiger partial charge is 0.311 e. The highest BCUT2D eigenvalue weighted by Crippen LogP contribution is 2.30. The van der Waals surface area contributed by atoms with Gasteiger partial charge in [-0.25, -0.2) is 0 Å². The number of methoxy groups -OCH3 is 1. The molecule has 0 aliphatic heterocycles. The van der Waals surface area contributed by atoms with Crippen LogP contribution in [0.15, 0.2) is 48.5 Å². The molecule has 0 unspecified atom stereocenters. The van der Waals surface area contributed by atoms with Crippen molar-refractivity contribution in [3.8, 4) is 11.5 Å². The van der Waals surface area contributed by atoms with Crippen LogP contribution in [0.5, 0.6) is 11.5 Å². The second kappa shape index (κ2) is 11.7. The number of nitro benzene ring substituents is 1. The third-order valence-electron chi connectivity index (χ3n) is 4.76. The third kappa shape index (κ3) is 6.97. The Morgan fingerprint density at radius 1 is 1.12 bits per heavy atom. The summed E-state index contributed by atoms with van der Waals surface area (Å²) in [4.78, 5) is 37.6. The molecule has 32 heavy (non-hydrogen) atoms. The number of hydrogen-bond donors (Lipinski definition) is 1. The minimum Gasteiger partial charge on any atom is -0.490 e. The molecular formula is C23H29N3O6. The number of nitrogens with one attached hydrogen (secondary N) is 1. The minimum absolute atomic E-state index is 0.0301. The fraction of sp³-hybridized carbons (Fsp3) is 0.391. The molecule has 2 rings (SSSR count). The van der Waals surface area contributed by atoms with Gasteiger partial charge in [0.05, 0.1) is 12.0 Å². The summed E-state index contributed by atoms with van der Waals surface area (Å²) in [6, 6.07) is 12.6. The van der Waals surface area contributed by atoms with Gasteiger partial charge in [0, 0.05) is 25.2 Å². The van der Waals surface area contributed by atoms with E-state index in [-0.39, 0.29) is 42.2 Å². The number of ether oxygens (including phenoxy) is 2. The molecule has 0 spiro atoms. The summed E-state index contributed by atoms with van der Waals surface area (Å²) in [6.07, 6.45) is 0. The number of amides is 2. The lowest BCUT2D eigenvalue weighted by molar-refractivity contribution is -0.385. The predicted octanol–water partition coefficient (Wildman–Crippen LogP) is 3.17. The van der Waals surface area contributed by atoms with Crippen molar-refractivity contribution in [1.82, 2.24) is 10.2 Å². The van der Waals surface area contributed by atoms with Crippen LogP contribution >= 0.6 is 0 Å². The van der Waals surface area contributed by atoms with Crippen LogP contribution in [0.25, 0.3) is 0 Å². The second-order valence-corrected chi connectivity index (χ2v) is 7.70. The van der Waals surface area contributed by atoms with Crippen LogP contribution in [0.3, 0.4) is 0 Å².